The predicted molar refractivity (Wildman–Crippen MR) is 118 cm³/mol. The molecule has 31 heavy (non-hydrogen) atoms. The second-order valence-corrected chi connectivity index (χ2v) is 8.46. The molecule has 2 unspecified atom stereocenters. The van der Waals surface area contributed by atoms with Gasteiger partial charge in [0.25, 0.3) is 5.91 Å². The number of imidazole rings is 1. The molecule has 5 rings (SSSR count). The Balaban J connectivity index is 1.53. The molecule has 0 radical (unpaired) electrons. The van der Waals surface area contributed by atoms with E-state index >= 15 is 0 Å². The predicted octanol–water partition coefficient (Wildman–Crippen LogP) is 2.77. The van der Waals surface area contributed by atoms with E-state index < -0.39 is 6.29 Å². The van der Waals surface area contributed by atoms with Gasteiger partial charge in [-0.25, -0.2) is 9.67 Å². The Hall–Kier alpha value is -3.50. The van der Waals surface area contributed by atoms with Gasteiger partial charge in [0.1, 0.15) is 22.9 Å². The third-order valence-electron chi connectivity index (χ3n) is 5.15. The second kappa shape index (κ2) is 7.64. The molecule has 1 saturated heterocycles. The molecule has 0 aliphatic carbocycles. The van der Waals surface area contributed by atoms with Crippen molar-refractivity contribution in [2.24, 2.45) is 0 Å². The summed E-state index contributed by atoms with van der Waals surface area (Å²) in [5, 5.41) is 15.8. The lowest BCUT2D eigenvalue weighted by Crippen LogP contribution is -2.52. The monoisotopic (exact) mass is 435 g/mol. The molecule has 0 saturated carbocycles. The Labute approximate surface area is 182 Å². The van der Waals surface area contributed by atoms with Crippen molar-refractivity contribution in [2.75, 3.05) is 5.32 Å². The fraction of sp³-hybridized carbons (Fsp3) is 0.238. The zero-order chi connectivity index (χ0) is 21.5. The number of amides is 2. The van der Waals surface area contributed by atoms with Crippen LogP contribution in [0.4, 0.5) is 5.82 Å². The molecular weight excluding hydrogens is 414 g/mol. The van der Waals surface area contributed by atoms with E-state index in [2.05, 4.69) is 26.0 Å². The third-order valence-corrected chi connectivity index (χ3v) is 6.04. The number of carbonyl (C=O) groups is 2. The van der Waals surface area contributed by atoms with Gasteiger partial charge in [-0.05, 0) is 37.4 Å². The summed E-state index contributed by atoms with van der Waals surface area (Å²) >= 11 is 1.56. The normalized spacial score (nSPS) is 18.8. The van der Waals surface area contributed by atoms with Gasteiger partial charge >= 0.3 is 0 Å². The van der Waals surface area contributed by atoms with Crippen molar-refractivity contribution in [2.45, 2.75) is 32.6 Å². The first-order chi connectivity index (χ1) is 15.0. The van der Waals surface area contributed by atoms with E-state index in [1.165, 1.54) is 0 Å². The quantitative estimate of drug-likeness (QED) is 0.457. The van der Waals surface area contributed by atoms with Crippen LogP contribution in [-0.4, -0.2) is 37.0 Å². The number of pyridine rings is 1. The SMILES string of the molecule is Cc1nc2ccccn2c1C(=O)Nc1cc(-c2cccs2)nn1C1NC(=O)CC(C)N1. The first-order valence-corrected chi connectivity index (χ1v) is 10.8. The topological polar surface area (TPSA) is 105 Å². The van der Waals surface area contributed by atoms with Gasteiger partial charge in [-0.3, -0.25) is 19.3 Å². The van der Waals surface area contributed by atoms with Crippen LogP contribution in [0.25, 0.3) is 16.2 Å². The van der Waals surface area contributed by atoms with Crippen LogP contribution in [0.5, 0.6) is 0 Å². The number of nitrogens with one attached hydrogen (secondary N) is 3. The van der Waals surface area contributed by atoms with Gasteiger partial charge in [0.2, 0.25) is 5.91 Å². The fourth-order valence-corrected chi connectivity index (χ4v) is 4.46. The summed E-state index contributed by atoms with van der Waals surface area (Å²) in [5.74, 6) is 0.107. The van der Waals surface area contributed by atoms with Gasteiger partial charge in [-0.2, -0.15) is 5.10 Å². The summed E-state index contributed by atoms with van der Waals surface area (Å²) in [6, 6.07) is 11.3. The van der Waals surface area contributed by atoms with E-state index in [1.54, 1.807) is 27.3 Å². The molecule has 2 atom stereocenters. The molecule has 4 aromatic rings. The number of hydrogen-bond acceptors (Lipinski definition) is 6. The summed E-state index contributed by atoms with van der Waals surface area (Å²) in [5.41, 5.74) is 2.50. The molecule has 5 heterocycles. The van der Waals surface area contributed by atoms with Crippen molar-refractivity contribution in [1.29, 1.82) is 0 Å². The van der Waals surface area contributed by atoms with Gasteiger partial charge in [-0.1, -0.05) is 12.1 Å². The summed E-state index contributed by atoms with van der Waals surface area (Å²) in [6.45, 7) is 3.75. The number of rotatable bonds is 4. The first-order valence-electron chi connectivity index (χ1n) is 9.93. The van der Waals surface area contributed by atoms with E-state index in [0.717, 1.165) is 10.6 Å². The van der Waals surface area contributed by atoms with Crippen molar-refractivity contribution < 1.29 is 9.59 Å². The maximum Gasteiger partial charge on any atom is 0.275 e. The summed E-state index contributed by atoms with van der Waals surface area (Å²) in [6.07, 6.45) is 1.63. The maximum absolute atomic E-state index is 13.3. The van der Waals surface area contributed by atoms with Crippen molar-refractivity contribution in [3.8, 4) is 10.6 Å². The van der Waals surface area contributed by atoms with E-state index in [0.29, 0.717) is 29.3 Å². The van der Waals surface area contributed by atoms with Gasteiger partial charge in [0.15, 0.2) is 6.29 Å². The Kier molecular flexibility index (Phi) is 4.79. The highest BCUT2D eigenvalue weighted by Crippen LogP contribution is 2.28. The second-order valence-electron chi connectivity index (χ2n) is 7.51. The highest BCUT2D eigenvalue weighted by molar-refractivity contribution is 7.13. The van der Waals surface area contributed by atoms with Crippen LogP contribution in [0, 0.1) is 6.92 Å². The molecule has 2 amide bonds. The number of aromatic nitrogens is 4. The Morgan fingerprint density at radius 3 is 2.94 bits per heavy atom. The van der Waals surface area contributed by atoms with Crippen LogP contribution >= 0.6 is 11.3 Å². The van der Waals surface area contributed by atoms with E-state index in [-0.39, 0.29) is 17.9 Å². The molecule has 0 aromatic carbocycles. The highest BCUT2D eigenvalue weighted by Gasteiger charge is 2.28. The van der Waals surface area contributed by atoms with E-state index in [1.807, 2.05) is 54.9 Å². The summed E-state index contributed by atoms with van der Waals surface area (Å²) < 4.78 is 3.37. The van der Waals surface area contributed by atoms with Crippen LogP contribution in [-0.2, 0) is 4.79 Å². The molecular formula is C21H21N7O2S. The largest absolute Gasteiger partial charge is 0.322 e. The molecule has 0 spiro atoms. The van der Waals surface area contributed by atoms with Crippen molar-refractivity contribution in [3.05, 3.63) is 59.4 Å². The summed E-state index contributed by atoms with van der Waals surface area (Å²) in [4.78, 5) is 30.8. The zero-order valence-corrected chi connectivity index (χ0v) is 17.8. The van der Waals surface area contributed by atoms with E-state index in [4.69, 9.17) is 0 Å². The molecule has 9 nitrogen and oxygen atoms in total. The van der Waals surface area contributed by atoms with Gasteiger partial charge in [-0.15, -0.1) is 11.3 Å². The maximum atomic E-state index is 13.3. The van der Waals surface area contributed by atoms with Crippen LogP contribution in [0.15, 0.2) is 48.0 Å². The van der Waals surface area contributed by atoms with Crippen LogP contribution in [0.1, 0.15) is 35.8 Å². The first kappa shape index (κ1) is 19.5. The lowest BCUT2D eigenvalue weighted by molar-refractivity contribution is -0.125. The van der Waals surface area contributed by atoms with Crippen LogP contribution in [0.3, 0.4) is 0 Å². The third kappa shape index (κ3) is 3.60. The fourth-order valence-electron chi connectivity index (χ4n) is 3.78. The molecule has 10 heteroatoms. The Bertz CT molecular complexity index is 1270. The van der Waals surface area contributed by atoms with Crippen LogP contribution < -0.4 is 16.0 Å². The molecule has 1 aliphatic heterocycles. The molecule has 4 aromatic heterocycles. The van der Waals surface area contributed by atoms with Crippen molar-refractivity contribution in [1.82, 2.24) is 29.8 Å². The standard InChI is InChI=1S/C21H21N7O2S/c1-12-10-18(29)25-21(22-12)28-17(11-14(26-28)15-6-5-9-31-15)24-20(30)19-13(2)23-16-7-3-4-8-27(16)19/h3-9,11-12,21-22H,10H2,1-2H3,(H,24,30)(H,25,29). The number of hydrogen-bond donors (Lipinski definition) is 3. The molecule has 1 aliphatic rings. The average molecular weight is 436 g/mol. The smallest absolute Gasteiger partial charge is 0.275 e. The molecule has 1 fully saturated rings. The minimum atomic E-state index is -0.566. The number of fused-ring (bicyclic) bond motifs is 1. The van der Waals surface area contributed by atoms with Gasteiger partial charge in [0.05, 0.1) is 10.6 Å². The number of thiophene rings is 1. The minimum Gasteiger partial charge on any atom is -0.322 e. The number of aryl methyl sites for hydroxylation is 1. The number of carbonyl (C=O) groups excluding carboxylic acids is 2. The zero-order valence-electron chi connectivity index (χ0n) is 17.0. The minimum absolute atomic E-state index is 0.0160. The lowest BCUT2D eigenvalue weighted by Gasteiger charge is -2.30. The highest BCUT2D eigenvalue weighted by atomic mass is 32.1. The van der Waals surface area contributed by atoms with E-state index in [9.17, 15) is 9.59 Å². The Morgan fingerprint density at radius 1 is 1.29 bits per heavy atom. The van der Waals surface area contributed by atoms with Crippen molar-refractivity contribution in [3.63, 3.8) is 0 Å². The molecule has 158 valence electrons. The average Bonchev–Trinajstić information content (AvgIpc) is 3.44. The summed E-state index contributed by atoms with van der Waals surface area (Å²) in [7, 11) is 0. The van der Waals surface area contributed by atoms with Gasteiger partial charge < -0.3 is 10.6 Å². The van der Waals surface area contributed by atoms with Gasteiger partial charge in [0, 0.05) is 24.7 Å². The lowest BCUT2D eigenvalue weighted by atomic mass is 10.2. The molecule has 0 bridgehead atoms. The Morgan fingerprint density at radius 2 is 2.16 bits per heavy atom. The number of anilines is 1. The number of nitrogens with zero attached hydrogens (tertiary/aromatic N) is 4. The molecule has 3 N–H and O–H groups in total. The van der Waals surface area contributed by atoms with Crippen LogP contribution in [0.2, 0.25) is 0 Å². The van der Waals surface area contributed by atoms with Crippen molar-refractivity contribution >= 4 is 34.6 Å².